The van der Waals surface area contributed by atoms with Crippen molar-refractivity contribution in [1.29, 1.82) is 0 Å². The monoisotopic (exact) mass is 361 g/mol. The normalized spacial score (nSPS) is 11.3. The predicted octanol–water partition coefficient (Wildman–Crippen LogP) is 4.30. The van der Waals surface area contributed by atoms with E-state index in [0.29, 0.717) is 6.54 Å². The molecule has 0 N–H and O–H groups in total. The first kappa shape index (κ1) is 17.2. The Morgan fingerprint density at radius 1 is 0.963 bits per heavy atom. The summed E-state index contributed by atoms with van der Waals surface area (Å²) >= 11 is 0. The summed E-state index contributed by atoms with van der Waals surface area (Å²) in [4.78, 5) is 12.8. The SMILES string of the molecule is Cc1ccc(-n2nc(C)c3c(C)cc(=O)n(Cc4ccc(F)cc4)c32)cc1. The molecule has 0 bridgehead atoms. The molecule has 4 nitrogen and oxygen atoms in total. The van der Waals surface area contributed by atoms with Gasteiger partial charge in [-0.25, -0.2) is 9.07 Å². The number of aryl methyl sites for hydroxylation is 3. The molecule has 0 spiro atoms. The molecule has 0 fully saturated rings. The zero-order valence-electron chi connectivity index (χ0n) is 15.5. The molecule has 0 atom stereocenters. The Hall–Kier alpha value is -3.21. The molecule has 0 saturated heterocycles. The molecule has 0 aliphatic rings. The second-order valence-corrected chi connectivity index (χ2v) is 6.91. The molecule has 27 heavy (non-hydrogen) atoms. The molecular weight excluding hydrogens is 341 g/mol. The third kappa shape index (κ3) is 3.05. The van der Waals surface area contributed by atoms with Crippen molar-refractivity contribution in [3.8, 4) is 5.69 Å². The summed E-state index contributed by atoms with van der Waals surface area (Å²) in [5, 5.41) is 5.67. The van der Waals surface area contributed by atoms with Crippen LogP contribution in [0.1, 0.15) is 22.4 Å². The first-order valence-electron chi connectivity index (χ1n) is 8.85. The molecule has 4 rings (SSSR count). The van der Waals surface area contributed by atoms with Crippen LogP contribution in [0, 0.1) is 26.6 Å². The third-order valence-electron chi connectivity index (χ3n) is 4.82. The average molecular weight is 361 g/mol. The molecule has 2 heterocycles. The number of fused-ring (bicyclic) bond motifs is 1. The number of benzene rings is 2. The van der Waals surface area contributed by atoms with Crippen molar-refractivity contribution < 1.29 is 4.39 Å². The maximum Gasteiger partial charge on any atom is 0.252 e. The summed E-state index contributed by atoms with van der Waals surface area (Å²) in [6.07, 6.45) is 0. The predicted molar refractivity (Wildman–Crippen MR) is 105 cm³/mol. The highest BCUT2D eigenvalue weighted by Gasteiger charge is 2.17. The standard InChI is InChI=1S/C22H20FN3O/c1-14-4-10-19(11-5-14)26-22-21(16(3)24-26)15(2)12-20(27)25(22)13-17-6-8-18(23)9-7-17/h4-12H,13H2,1-3H3. The van der Waals surface area contributed by atoms with Gasteiger partial charge in [0.2, 0.25) is 0 Å². The maximum absolute atomic E-state index is 13.2. The minimum atomic E-state index is -0.291. The van der Waals surface area contributed by atoms with Crippen molar-refractivity contribution >= 4 is 11.0 Å². The zero-order valence-corrected chi connectivity index (χ0v) is 15.5. The number of rotatable bonds is 3. The summed E-state index contributed by atoms with van der Waals surface area (Å²) in [5.41, 5.74) is 5.35. The molecule has 0 aliphatic carbocycles. The lowest BCUT2D eigenvalue weighted by molar-refractivity contribution is 0.626. The van der Waals surface area contributed by atoms with E-state index in [-0.39, 0.29) is 11.4 Å². The van der Waals surface area contributed by atoms with Crippen LogP contribution in [0.25, 0.3) is 16.7 Å². The van der Waals surface area contributed by atoms with Gasteiger partial charge < -0.3 is 0 Å². The van der Waals surface area contributed by atoms with Crippen molar-refractivity contribution in [1.82, 2.24) is 14.3 Å². The number of halogens is 1. The quantitative estimate of drug-likeness (QED) is 0.546. The van der Waals surface area contributed by atoms with Gasteiger partial charge in [0.1, 0.15) is 11.5 Å². The van der Waals surface area contributed by atoms with Crippen molar-refractivity contribution in [2.45, 2.75) is 27.3 Å². The van der Waals surface area contributed by atoms with Crippen molar-refractivity contribution in [3.63, 3.8) is 0 Å². The summed E-state index contributed by atoms with van der Waals surface area (Å²) in [7, 11) is 0. The second kappa shape index (κ2) is 6.50. The van der Waals surface area contributed by atoms with E-state index in [0.717, 1.165) is 39.1 Å². The maximum atomic E-state index is 13.2. The van der Waals surface area contributed by atoms with Crippen molar-refractivity contribution in [2.24, 2.45) is 0 Å². The Morgan fingerprint density at radius 3 is 2.30 bits per heavy atom. The molecule has 2 aromatic heterocycles. The molecule has 0 amide bonds. The number of hydrogen-bond acceptors (Lipinski definition) is 2. The van der Waals surface area contributed by atoms with Gasteiger partial charge in [0.15, 0.2) is 0 Å². The average Bonchev–Trinajstić information content (AvgIpc) is 2.98. The first-order valence-corrected chi connectivity index (χ1v) is 8.85. The minimum absolute atomic E-state index is 0.0995. The molecule has 0 radical (unpaired) electrons. The third-order valence-corrected chi connectivity index (χ3v) is 4.82. The van der Waals surface area contributed by atoms with Crippen LogP contribution in [0.2, 0.25) is 0 Å². The van der Waals surface area contributed by atoms with Crippen LogP contribution >= 0.6 is 0 Å². The van der Waals surface area contributed by atoms with E-state index < -0.39 is 0 Å². The number of nitrogens with zero attached hydrogens (tertiary/aromatic N) is 3. The van der Waals surface area contributed by atoms with Crippen LogP contribution in [-0.4, -0.2) is 14.3 Å². The molecule has 0 unspecified atom stereocenters. The Kier molecular flexibility index (Phi) is 4.15. The lowest BCUT2D eigenvalue weighted by atomic mass is 10.1. The summed E-state index contributed by atoms with van der Waals surface area (Å²) < 4.78 is 16.8. The van der Waals surface area contributed by atoms with Crippen LogP contribution in [0.4, 0.5) is 4.39 Å². The van der Waals surface area contributed by atoms with Crippen LogP contribution in [-0.2, 0) is 6.54 Å². The van der Waals surface area contributed by atoms with E-state index in [1.807, 2.05) is 49.7 Å². The smallest absolute Gasteiger partial charge is 0.252 e. The van der Waals surface area contributed by atoms with Crippen LogP contribution < -0.4 is 5.56 Å². The lowest BCUT2D eigenvalue weighted by Gasteiger charge is -2.12. The van der Waals surface area contributed by atoms with Gasteiger partial charge >= 0.3 is 0 Å². The Balaban J connectivity index is 1.98. The van der Waals surface area contributed by atoms with E-state index in [1.165, 1.54) is 12.1 Å². The first-order chi connectivity index (χ1) is 12.9. The highest BCUT2D eigenvalue weighted by Crippen LogP contribution is 2.24. The van der Waals surface area contributed by atoms with Gasteiger partial charge in [-0.15, -0.1) is 0 Å². The molecule has 4 aromatic rings. The fourth-order valence-corrected chi connectivity index (χ4v) is 3.46. The van der Waals surface area contributed by atoms with Gasteiger partial charge in [0.05, 0.1) is 17.9 Å². The van der Waals surface area contributed by atoms with Crippen molar-refractivity contribution in [3.05, 3.63) is 93.2 Å². The van der Waals surface area contributed by atoms with Gasteiger partial charge in [-0.3, -0.25) is 9.36 Å². The van der Waals surface area contributed by atoms with E-state index >= 15 is 0 Å². The fourth-order valence-electron chi connectivity index (χ4n) is 3.46. The summed E-state index contributed by atoms with van der Waals surface area (Å²) in [6.45, 7) is 6.27. The number of pyridine rings is 1. The van der Waals surface area contributed by atoms with Gasteiger partial charge in [-0.1, -0.05) is 29.8 Å². The minimum Gasteiger partial charge on any atom is -0.288 e. The summed E-state index contributed by atoms with van der Waals surface area (Å²) in [6, 6.07) is 15.9. The number of hydrogen-bond donors (Lipinski definition) is 0. The van der Waals surface area contributed by atoms with Crippen LogP contribution in [0.15, 0.2) is 59.4 Å². The van der Waals surface area contributed by atoms with E-state index in [2.05, 4.69) is 0 Å². The van der Waals surface area contributed by atoms with Crippen LogP contribution in [0.3, 0.4) is 0 Å². The van der Waals surface area contributed by atoms with Gasteiger partial charge in [0, 0.05) is 11.5 Å². The van der Waals surface area contributed by atoms with E-state index in [1.54, 1.807) is 22.8 Å². The van der Waals surface area contributed by atoms with E-state index in [4.69, 9.17) is 5.10 Å². The largest absolute Gasteiger partial charge is 0.288 e. The molecule has 136 valence electrons. The Morgan fingerprint density at radius 2 is 1.63 bits per heavy atom. The van der Waals surface area contributed by atoms with Crippen molar-refractivity contribution in [2.75, 3.05) is 0 Å². The van der Waals surface area contributed by atoms with Gasteiger partial charge in [-0.2, -0.15) is 5.10 Å². The Bertz CT molecular complexity index is 1190. The number of aromatic nitrogens is 3. The molecule has 0 saturated carbocycles. The zero-order chi connectivity index (χ0) is 19.1. The lowest BCUT2D eigenvalue weighted by Crippen LogP contribution is -2.22. The highest BCUT2D eigenvalue weighted by molar-refractivity contribution is 5.83. The molecule has 0 aliphatic heterocycles. The highest BCUT2D eigenvalue weighted by atomic mass is 19.1. The molecule has 5 heteroatoms. The molecular formula is C22H20FN3O. The Labute approximate surface area is 156 Å². The van der Waals surface area contributed by atoms with Gasteiger partial charge in [-0.05, 0) is 56.2 Å². The summed E-state index contributed by atoms with van der Waals surface area (Å²) in [5.74, 6) is -0.291. The van der Waals surface area contributed by atoms with Crippen LogP contribution in [0.5, 0.6) is 0 Å². The van der Waals surface area contributed by atoms with Gasteiger partial charge in [0.25, 0.3) is 5.56 Å². The second-order valence-electron chi connectivity index (χ2n) is 6.91. The molecule has 2 aromatic carbocycles. The fraction of sp³-hybridized carbons (Fsp3) is 0.182. The van der Waals surface area contributed by atoms with E-state index in [9.17, 15) is 9.18 Å². The topological polar surface area (TPSA) is 39.8 Å².